The standard InChI is InChI=1S/C22H24N6O2/c1-3-30-17-4-6-27(13-17)16-8-15(9-18(10-16)29-2)19-11-21(24)26-22(20(19)12-23)28-7-5-25-14-28/h5,7-11,14,17H,3-4,6,13H2,1-2H3,(H2,24,26)/t17-/m1/s1. The number of nitrogens with two attached hydrogens (primary N) is 1. The first-order valence-corrected chi connectivity index (χ1v) is 9.88. The van der Waals surface area contributed by atoms with Crippen LogP contribution in [0.25, 0.3) is 16.9 Å². The Morgan fingerprint density at radius 1 is 1.30 bits per heavy atom. The first kappa shape index (κ1) is 19.7. The van der Waals surface area contributed by atoms with Gasteiger partial charge in [-0.25, -0.2) is 9.97 Å². The van der Waals surface area contributed by atoms with Crippen LogP contribution in [0.2, 0.25) is 0 Å². The molecule has 1 aromatic carbocycles. The van der Waals surface area contributed by atoms with Crippen molar-refractivity contribution in [2.45, 2.75) is 19.4 Å². The van der Waals surface area contributed by atoms with Crippen LogP contribution in [0.5, 0.6) is 5.75 Å². The molecule has 0 aliphatic carbocycles. The molecule has 0 saturated carbocycles. The Hall–Kier alpha value is -3.57. The van der Waals surface area contributed by atoms with Gasteiger partial charge in [0.05, 0.1) is 13.2 Å². The molecule has 3 heterocycles. The number of methoxy groups -OCH3 is 1. The van der Waals surface area contributed by atoms with Crippen molar-refractivity contribution in [3.63, 3.8) is 0 Å². The molecule has 3 aromatic rings. The summed E-state index contributed by atoms with van der Waals surface area (Å²) in [4.78, 5) is 10.7. The van der Waals surface area contributed by atoms with Gasteiger partial charge in [-0.2, -0.15) is 5.26 Å². The largest absolute Gasteiger partial charge is 0.497 e. The maximum absolute atomic E-state index is 9.93. The molecule has 0 unspecified atom stereocenters. The number of nitrogens with zero attached hydrogens (tertiary/aromatic N) is 5. The Kier molecular flexibility index (Phi) is 5.55. The summed E-state index contributed by atoms with van der Waals surface area (Å²) in [5.41, 5.74) is 9.09. The Morgan fingerprint density at radius 3 is 2.87 bits per heavy atom. The van der Waals surface area contributed by atoms with Crippen LogP contribution >= 0.6 is 0 Å². The second-order valence-corrected chi connectivity index (χ2v) is 7.11. The SMILES string of the molecule is CCO[C@@H]1CCN(c2cc(OC)cc(-c3cc(N)nc(-n4ccnc4)c3C#N)c2)C1. The van der Waals surface area contributed by atoms with Crippen LogP contribution in [-0.2, 0) is 4.74 Å². The number of ether oxygens (including phenoxy) is 2. The average Bonchev–Trinajstić information content (AvgIpc) is 3.45. The number of hydrogen-bond acceptors (Lipinski definition) is 7. The van der Waals surface area contributed by atoms with E-state index in [9.17, 15) is 5.26 Å². The molecule has 0 radical (unpaired) electrons. The lowest BCUT2D eigenvalue weighted by Crippen LogP contribution is -2.22. The van der Waals surface area contributed by atoms with Crippen molar-refractivity contribution in [1.29, 1.82) is 5.26 Å². The molecule has 1 atom stereocenters. The van der Waals surface area contributed by atoms with E-state index in [1.165, 1.54) is 0 Å². The number of hydrogen-bond donors (Lipinski definition) is 1. The summed E-state index contributed by atoms with van der Waals surface area (Å²) in [5.74, 6) is 1.49. The van der Waals surface area contributed by atoms with Crippen molar-refractivity contribution in [3.05, 3.63) is 48.5 Å². The average molecular weight is 404 g/mol. The zero-order valence-corrected chi connectivity index (χ0v) is 17.1. The number of nitriles is 1. The fraction of sp³-hybridized carbons (Fsp3) is 0.318. The topological polar surface area (TPSA) is 102 Å². The molecule has 2 aromatic heterocycles. The summed E-state index contributed by atoms with van der Waals surface area (Å²) >= 11 is 0. The second kappa shape index (κ2) is 8.43. The van der Waals surface area contributed by atoms with Gasteiger partial charge >= 0.3 is 0 Å². The van der Waals surface area contributed by atoms with Crippen molar-refractivity contribution in [1.82, 2.24) is 14.5 Å². The van der Waals surface area contributed by atoms with Gasteiger partial charge in [0.2, 0.25) is 0 Å². The maximum Gasteiger partial charge on any atom is 0.158 e. The number of pyridine rings is 1. The maximum atomic E-state index is 9.93. The van der Waals surface area contributed by atoms with Crippen LogP contribution in [0.1, 0.15) is 18.9 Å². The Morgan fingerprint density at radius 2 is 2.17 bits per heavy atom. The normalized spacial score (nSPS) is 15.9. The predicted octanol–water partition coefficient (Wildman–Crippen LogP) is 3.01. The molecule has 154 valence electrons. The molecule has 4 rings (SSSR count). The van der Waals surface area contributed by atoms with Gasteiger partial charge in [-0.05, 0) is 37.1 Å². The number of benzene rings is 1. The molecule has 0 amide bonds. The van der Waals surface area contributed by atoms with Gasteiger partial charge in [-0.15, -0.1) is 0 Å². The monoisotopic (exact) mass is 404 g/mol. The van der Waals surface area contributed by atoms with Gasteiger partial charge in [-0.1, -0.05) is 0 Å². The first-order valence-electron chi connectivity index (χ1n) is 9.88. The minimum atomic E-state index is 0.226. The fourth-order valence-electron chi connectivity index (χ4n) is 3.83. The third kappa shape index (κ3) is 3.80. The van der Waals surface area contributed by atoms with E-state index in [1.807, 2.05) is 19.1 Å². The van der Waals surface area contributed by atoms with Gasteiger partial charge in [0.15, 0.2) is 5.82 Å². The molecule has 2 N–H and O–H groups in total. The van der Waals surface area contributed by atoms with Crippen molar-refractivity contribution < 1.29 is 9.47 Å². The van der Waals surface area contributed by atoms with Crippen LogP contribution in [0.4, 0.5) is 11.5 Å². The zero-order chi connectivity index (χ0) is 21.1. The van der Waals surface area contributed by atoms with Gasteiger partial charge < -0.3 is 20.1 Å². The number of aromatic nitrogens is 3. The number of imidazole rings is 1. The van der Waals surface area contributed by atoms with Crippen LogP contribution in [0, 0.1) is 11.3 Å². The molecule has 8 heteroatoms. The van der Waals surface area contributed by atoms with Gasteiger partial charge in [0.25, 0.3) is 0 Å². The summed E-state index contributed by atoms with van der Waals surface area (Å²) in [7, 11) is 1.64. The Labute approximate surface area is 175 Å². The molecule has 1 aliphatic rings. The highest BCUT2D eigenvalue weighted by atomic mass is 16.5. The highest BCUT2D eigenvalue weighted by Crippen LogP contribution is 2.35. The van der Waals surface area contributed by atoms with Gasteiger partial charge in [0, 0.05) is 49.4 Å². The van der Waals surface area contributed by atoms with Crippen LogP contribution in [-0.4, -0.2) is 47.4 Å². The van der Waals surface area contributed by atoms with E-state index >= 15 is 0 Å². The molecular formula is C22H24N6O2. The Balaban J connectivity index is 1.80. The Bertz CT molecular complexity index is 1070. The molecule has 0 bridgehead atoms. The van der Waals surface area contributed by atoms with E-state index in [4.69, 9.17) is 15.2 Å². The lowest BCUT2D eigenvalue weighted by molar-refractivity contribution is 0.0787. The number of anilines is 2. The third-order valence-corrected chi connectivity index (χ3v) is 5.23. The van der Waals surface area contributed by atoms with Crippen molar-refractivity contribution in [3.8, 4) is 28.8 Å². The van der Waals surface area contributed by atoms with Crippen LogP contribution in [0.15, 0.2) is 43.0 Å². The lowest BCUT2D eigenvalue weighted by atomic mass is 9.99. The van der Waals surface area contributed by atoms with Crippen LogP contribution < -0.4 is 15.4 Å². The summed E-state index contributed by atoms with van der Waals surface area (Å²) in [6, 6.07) is 9.99. The predicted molar refractivity (Wildman–Crippen MR) is 115 cm³/mol. The minimum Gasteiger partial charge on any atom is -0.497 e. The fourth-order valence-corrected chi connectivity index (χ4v) is 3.83. The molecule has 1 saturated heterocycles. The summed E-state index contributed by atoms with van der Waals surface area (Å²) < 4.78 is 13.0. The zero-order valence-electron chi connectivity index (χ0n) is 17.1. The molecule has 0 spiro atoms. The van der Waals surface area contributed by atoms with E-state index in [0.29, 0.717) is 35.1 Å². The molecule has 1 aliphatic heterocycles. The van der Waals surface area contributed by atoms with Gasteiger partial charge in [0.1, 0.15) is 29.5 Å². The number of rotatable bonds is 6. The smallest absolute Gasteiger partial charge is 0.158 e. The molecular weight excluding hydrogens is 380 g/mol. The summed E-state index contributed by atoms with van der Waals surface area (Å²) in [6.45, 7) is 4.45. The lowest BCUT2D eigenvalue weighted by Gasteiger charge is -2.21. The van der Waals surface area contributed by atoms with Crippen molar-refractivity contribution >= 4 is 11.5 Å². The van der Waals surface area contributed by atoms with E-state index < -0.39 is 0 Å². The van der Waals surface area contributed by atoms with Crippen LogP contribution in [0.3, 0.4) is 0 Å². The first-order chi connectivity index (χ1) is 14.6. The van der Waals surface area contributed by atoms with Crippen molar-refractivity contribution in [2.75, 3.05) is 37.4 Å². The van der Waals surface area contributed by atoms with Crippen molar-refractivity contribution in [2.24, 2.45) is 0 Å². The van der Waals surface area contributed by atoms with E-state index in [2.05, 4.69) is 27.0 Å². The number of nitrogen functional groups attached to an aromatic ring is 1. The van der Waals surface area contributed by atoms with Gasteiger partial charge in [-0.3, -0.25) is 4.57 Å². The molecule has 1 fully saturated rings. The second-order valence-electron chi connectivity index (χ2n) is 7.11. The summed E-state index contributed by atoms with van der Waals surface area (Å²) in [6.07, 6.45) is 6.18. The molecule has 8 nitrogen and oxygen atoms in total. The highest BCUT2D eigenvalue weighted by Gasteiger charge is 2.24. The van der Waals surface area contributed by atoms with E-state index in [-0.39, 0.29) is 6.10 Å². The molecule has 30 heavy (non-hydrogen) atoms. The highest BCUT2D eigenvalue weighted by molar-refractivity contribution is 5.79. The third-order valence-electron chi connectivity index (χ3n) is 5.23. The quantitative estimate of drug-likeness (QED) is 0.674. The van der Waals surface area contributed by atoms with E-state index in [0.717, 1.165) is 30.8 Å². The summed E-state index contributed by atoms with van der Waals surface area (Å²) in [5, 5.41) is 9.93. The minimum absolute atomic E-state index is 0.226. The van der Waals surface area contributed by atoms with E-state index in [1.54, 1.807) is 36.5 Å².